The van der Waals surface area contributed by atoms with Crippen LogP contribution in [0.4, 0.5) is 5.69 Å². The number of esters is 1. The van der Waals surface area contributed by atoms with E-state index in [0.29, 0.717) is 22.9 Å². The van der Waals surface area contributed by atoms with Gasteiger partial charge < -0.3 is 19.5 Å². The maximum atomic E-state index is 11.8. The molecule has 0 saturated heterocycles. The van der Waals surface area contributed by atoms with Crippen LogP contribution in [-0.4, -0.2) is 26.1 Å². The number of hydrogen-bond acceptors (Lipinski definition) is 5. The van der Waals surface area contributed by atoms with Gasteiger partial charge in [-0.2, -0.15) is 0 Å². The van der Waals surface area contributed by atoms with Crippen molar-refractivity contribution in [3.8, 4) is 17.2 Å². The molecule has 2 aromatic carbocycles. The van der Waals surface area contributed by atoms with Crippen LogP contribution in [0.2, 0.25) is 0 Å². The summed E-state index contributed by atoms with van der Waals surface area (Å²) in [5.41, 5.74) is 0.396. The van der Waals surface area contributed by atoms with Crippen LogP contribution in [0.1, 0.15) is 0 Å². The predicted molar refractivity (Wildman–Crippen MR) is 80.3 cm³/mol. The summed E-state index contributed by atoms with van der Waals surface area (Å²) in [5, 5.41) is 2.44. The summed E-state index contributed by atoms with van der Waals surface area (Å²) in [7, 11) is 2.99. The number of methoxy groups -OCH3 is 2. The molecule has 1 N–H and O–H groups in total. The first-order chi connectivity index (χ1) is 10.6. The van der Waals surface area contributed by atoms with Gasteiger partial charge in [-0.3, -0.25) is 4.79 Å². The van der Waals surface area contributed by atoms with Crippen LogP contribution in [0.25, 0.3) is 0 Å². The second kappa shape index (κ2) is 7.12. The molecule has 0 heterocycles. The molecular formula is C16H15NO5. The molecule has 2 rings (SSSR count). The molecule has 6 heteroatoms. The molecule has 0 aromatic heterocycles. The Bertz CT molecular complexity index is 669. The van der Waals surface area contributed by atoms with E-state index in [9.17, 15) is 9.59 Å². The van der Waals surface area contributed by atoms with Crippen LogP contribution in [0, 0.1) is 0 Å². The summed E-state index contributed by atoms with van der Waals surface area (Å²) in [6, 6.07) is 13.1. The van der Waals surface area contributed by atoms with Crippen LogP contribution in [0.15, 0.2) is 48.5 Å². The Kier molecular flexibility index (Phi) is 4.98. The molecule has 114 valence electrons. The van der Waals surface area contributed by atoms with Crippen molar-refractivity contribution < 1.29 is 23.8 Å². The van der Waals surface area contributed by atoms with Gasteiger partial charge in [0.1, 0.15) is 5.75 Å². The third-order valence-corrected chi connectivity index (χ3v) is 2.78. The highest BCUT2D eigenvalue weighted by atomic mass is 16.5. The Morgan fingerprint density at radius 3 is 2.23 bits per heavy atom. The van der Waals surface area contributed by atoms with Crippen molar-refractivity contribution in [3.63, 3.8) is 0 Å². The SMILES string of the molecule is COc1ccc(NC(=O)C(=O)Oc2ccccc2)cc1OC. The summed E-state index contributed by atoms with van der Waals surface area (Å²) in [4.78, 5) is 23.5. The Balaban J connectivity index is 2.04. The van der Waals surface area contributed by atoms with Crippen LogP contribution < -0.4 is 19.5 Å². The van der Waals surface area contributed by atoms with E-state index in [1.807, 2.05) is 0 Å². The zero-order valence-electron chi connectivity index (χ0n) is 12.2. The molecule has 0 atom stereocenters. The zero-order valence-corrected chi connectivity index (χ0v) is 12.2. The van der Waals surface area contributed by atoms with Gasteiger partial charge in [0, 0.05) is 11.8 Å². The number of hydrogen-bond donors (Lipinski definition) is 1. The lowest BCUT2D eigenvalue weighted by Crippen LogP contribution is -2.27. The van der Waals surface area contributed by atoms with Crippen LogP contribution in [0.5, 0.6) is 17.2 Å². The van der Waals surface area contributed by atoms with E-state index >= 15 is 0 Å². The first kappa shape index (κ1) is 15.4. The van der Waals surface area contributed by atoms with Crippen molar-refractivity contribution in [2.24, 2.45) is 0 Å². The number of amides is 1. The molecule has 0 radical (unpaired) electrons. The van der Waals surface area contributed by atoms with Gasteiger partial charge >= 0.3 is 11.9 Å². The minimum atomic E-state index is -0.999. The van der Waals surface area contributed by atoms with Crippen molar-refractivity contribution in [3.05, 3.63) is 48.5 Å². The van der Waals surface area contributed by atoms with E-state index in [2.05, 4.69) is 5.32 Å². The molecule has 0 saturated carbocycles. The minimum Gasteiger partial charge on any atom is -0.493 e. The summed E-state index contributed by atoms with van der Waals surface area (Å²) in [6.45, 7) is 0. The lowest BCUT2D eigenvalue weighted by molar-refractivity contribution is -0.145. The van der Waals surface area contributed by atoms with E-state index < -0.39 is 11.9 Å². The maximum Gasteiger partial charge on any atom is 0.402 e. The van der Waals surface area contributed by atoms with Crippen LogP contribution in [-0.2, 0) is 9.59 Å². The fourth-order valence-electron chi connectivity index (χ4n) is 1.74. The van der Waals surface area contributed by atoms with Gasteiger partial charge in [0.25, 0.3) is 0 Å². The molecule has 1 amide bonds. The molecule has 0 bridgehead atoms. The summed E-state index contributed by atoms with van der Waals surface area (Å²) >= 11 is 0. The van der Waals surface area contributed by atoms with Crippen LogP contribution >= 0.6 is 0 Å². The maximum absolute atomic E-state index is 11.8. The molecule has 0 aliphatic rings. The van der Waals surface area contributed by atoms with Gasteiger partial charge in [-0.1, -0.05) is 18.2 Å². The van der Waals surface area contributed by atoms with Gasteiger partial charge in [-0.05, 0) is 24.3 Å². The molecule has 0 aliphatic heterocycles. The highest BCUT2D eigenvalue weighted by molar-refractivity contribution is 6.37. The second-order valence-electron chi connectivity index (χ2n) is 4.23. The normalized spacial score (nSPS) is 9.73. The zero-order chi connectivity index (χ0) is 15.9. The van der Waals surface area contributed by atoms with E-state index in [1.165, 1.54) is 14.2 Å². The Hall–Kier alpha value is -3.02. The average molecular weight is 301 g/mol. The van der Waals surface area contributed by atoms with Crippen molar-refractivity contribution >= 4 is 17.6 Å². The lowest BCUT2D eigenvalue weighted by atomic mass is 10.2. The fraction of sp³-hybridized carbons (Fsp3) is 0.125. The molecule has 6 nitrogen and oxygen atoms in total. The number of nitrogens with one attached hydrogen (secondary N) is 1. The van der Waals surface area contributed by atoms with Crippen molar-refractivity contribution in [1.29, 1.82) is 0 Å². The molecule has 0 aliphatic carbocycles. The smallest absolute Gasteiger partial charge is 0.402 e. The van der Waals surface area contributed by atoms with Crippen LogP contribution in [0.3, 0.4) is 0 Å². The summed E-state index contributed by atoms with van der Waals surface area (Å²) in [6.07, 6.45) is 0. The Morgan fingerprint density at radius 1 is 0.909 bits per heavy atom. The van der Waals surface area contributed by atoms with Gasteiger partial charge in [0.05, 0.1) is 14.2 Å². The second-order valence-corrected chi connectivity index (χ2v) is 4.23. The van der Waals surface area contributed by atoms with Gasteiger partial charge in [-0.25, -0.2) is 4.79 Å². The molecule has 2 aromatic rings. The van der Waals surface area contributed by atoms with Crippen molar-refractivity contribution in [1.82, 2.24) is 0 Å². The highest BCUT2D eigenvalue weighted by Gasteiger charge is 2.17. The third-order valence-electron chi connectivity index (χ3n) is 2.78. The first-order valence-electron chi connectivity index (χ1n) is 6.44. The van der Waals surface area contributed by atoms with E-state index in [4.69, 9.17) is 14.2 Å². The number of para-hydroxylation sites is 1. The molecule has 0 fully saturated rings. The molecule has 0 unspecified atom stereocenters. The summed E-state index contributed by atoms with van der Waals surface area (Å²) < 4.78 is 15.2. The number of ether oxygens (including phenoxy) is 3. The molecule has 0 spiro atoms. The van der Waals surface area contributed by atoms with Crippen molar-refractivity contribution in [2.75, 3.05) is 19.5 Å². The number of carbonyl (C=O) groups is 2. The Labute approximate surface area is 127 Å². The number of benzene rings is 2. The van der Waals surface area contributed by atoms with Gasteiger partial charge in [0.15, 0.2) is 11.5 Å². The number of carbonyl (C=O) groups excluding carboxylic acids is 2. The van der Waals surface area contributed by atoms with E-state index in [0.717, 1.165) is 0 Å². The van der Waals surface area contributed by atoms with Gasteiger partial charge in [-0.15, -0.1) is 0 Å². The highest BCUT2D eigenvalue weighted by Crippen LogP contribution is 2.29. The van der Waals surface area contributed by atoms with Crippen molar-refractivity contribution in [2.45, 2.75) is 0 Å². The largest absolute Gasteiger partial charge is 0.493 e. The quantitative estimate of drug-likeness (QED) is 0.532. The summed E-state index contributed by atoms with van der Waals surface area (Å²) in [5.74, 6) is -0.615. The topological polar surface area (TPSA) is 73.9 Å². The Morgan fingerprint density at radius 2 is 1.59 bits per heavy atom. The molecular weight excluding hydrogens is 286 g/mol. The molecule has 22 heavy (non-hydrogen) atoms. The number of anilines is 1. The van der Waals surface area contributed by atoms with Gasteiger partial charge in [0.2, 0.25) is 0 Å². The third kappa shape index (κ3) is 3.76. The standard InChI is InChI=1S/C16H15NO5/c1-20-13-9-8-11(10-14(13)21-2)17-15(18)16(19)22-12-6-4-3-5-7-12/h3-10H,1-2H3,(H,17,18). The fourth-order valence-corrected chi connectivity index (χ4v) is 1.74. The first-order valence-corrected chi connectivity index (χ1v) is 6.44. The van der Waals surface area contributed by atoms with E-state index in [-0.39, 0.29) is 0 Å². The monoisotopic (exact) mass is 301 g/mol. The number of rotatable bonds is 4. The minimum absolute atomic E-state index is 0.301. The van der Waals surface area contributed by atoms with E-state index in [1.54, 1.807) is 48.5 Å². The average Bonchev–Trinajstić information content (AvgIpc) is 2.55. The lowest BCUT2D eigenvalue weighted by Gasteiger charge is -2.10. The predicted octanol–water partition coefficient (Wildman–Crippen LogP) is 2.25.